The lowest BCUT2D eigenvalue weighted by Crippen LogP contribution is -2.41. The highest BCUT2D eigenvalue weighted by atomic mass is 16.2. The number of nitrogens with zero attached hydrogens (tertiary/aromatic N) is 4. The fourth-order valence-electron chi connectivity index (χ4n) is 3.99. The largest absolute Gasteiger partial charge is 0.346 e. The predicted molar refractivity (Wildman–Crippen MR) is 86.2 cm³/mol. The zero-order valence-electron chi connectivity index (χ0n) is 13.9. The summed E-state index contributed by atoms with van der Waals surface area (Å²) < 4.78 is 1.86. The molecular weight excluding hydrogens is 276 g/mol. The lowest BCUT2D eigenvalue weighted by molar-refractivity contribution is -0.136. The van der Waals surface area contributed by atoms with Gasteiger partial charge in [-0.25, -0.2) is 0 Å². The number of aryl methyl sites for hydroxylation is 1. The van der Waals surface area contributed by atoms with Crippen LogP contribution in [0.4, 0.5) is 0 Å². The van der Waals surface area contributed by atoms with E-state index >= 15 is 0 Å². The van der Waals surface area contributed by atoms with Gasteiger partial charge in [-0.1, -0.05) is 6.42 Å². The molecule has 5 nitrogen and oxygen atoms in total. The molecule has 22 heavy (non-hydrogen) atoms. The first-order chi connectivity index (χ1) is 10.6. The van der Waals surface area contributed by atoms with Gasteiger partial charge in [-0.3, -0.25) is 14.4 Å². The van der Waals surface area contributed by atoms with Crippen molar-refractivity contribution in [1.82, 2.24) is 19.6 Å². The third-order valence-corrected chi connectivity index (χ3v) is 5.32. The van der Waals surface area contributed by atoms with Gasteiger partial charge in [-0.05, 0) is 44.7 Å². The molecule has 2 fully saturated rings. The topological polar surface area (TPSA) is 41.4 Å². The van der Waals surface area contributed by atoms with Crippen LogP contribution in [0.15, 0.2) is 12.4 Å². The van der Waals surface area contributed by atoms with E-state index in [0.717, 1.165) is 45.4 Å². The number of likely N-dealkylation sites (tertiary alicyclic amines) is 2. The van der Waals surface area contributed by atoms with Gasteiger partial charge in [0.2, 0.25) is 5.91 Å². The van der Waals surface area contributed by atoms with Crippen molar-refractivity contribution in [2.45, 2.75) is 38.6 Å². The lowest BCUT2D eigenvalue weighted by Gasteiger charge is -2.35. The normalized spacial score (nSPS) is 25.5. The maximum Gasteiger partial charge on any atom is 0.225 e. The van der Waals surface area contributed by atoms with Crippen molar-refractivity contribution < 1.29 is 4.79 Å². The summed E-state index contributed by atoms with van der Waals surface area (Å²) >= 11 is 0. The van der Waals surface area contributed by atoms with Gasteiger partial charge < -0.3 is 4.90 Å². The van der Waals surface area contributed by atoms with E-state index in [2.05, 4.69) is 16.2 Å². The molecule has 122 valence electrons. The van der Waals surface area contributed by atoms with Gasteiger partial charge in [0.25, 0.3) is 0 Å². The maximum atomic E-state index is 12.5. The molecule has 0 saturated carbocycles. The average molecular weight is 304 g/mol. The predicted octanol–water partition coefficient (Wildman–Crippen LogP) is 1.89. The van der Waals surface area contributed by atoms with E-state index in [1.807, 2.05) is 29.9 Å². The zero-order chi connectivity index (χ0) is 15.5. The molecule has 0 radical (unpaired) electrons. The quantitative estimate of drug-likeness (QED) is 0.856. The van der Waals surface area contributed by atoms with Crippen LogP contribution in [0.5, 0.6) is 0 Å². The van der Waals surface area contributed by atoms with Crippen LogP contribution in [-0.2, 0) is 18.4 Å². The third-order valence-electron chi connectivity index (χ3n) is 5.32. The van der Waals surface area contributed by atoms with Crippen molar-refractivity contribution in [2.24, 2.45) is 18.9 Å². The van der Waals surface area contributed by atoms with Gasteiger partial charge in [0, 0.05) is 44.9 Å². The number of amides is 1. The van der Waals surface area contributed by atoms with Crippen LogP contribution >= 0.6 is 0 Å². The van der Waals surface area contributed by atoms with E-state index < -0.39 is 0 Å². The lowest BCUT2D eigenvalue weighted by atomic mass is 9.81. The number of rotatable bonds is 3. The fraction of sp³-hybridized carbons (Fsp3) is 0.765. The Hall–Kier alpha value is -1.36. The zero-order valence-corrected chi connectivity index (χ0v) is 13.9. The summed E-state index contributed by atoms with van der Waals surface area (Å²) in [6, 6.07) is 0. The highest BCUT2D eigenvalue weighted by molar-refractivity contribution is 5.79. The summed E-state index contributed by atoms with van der Waals surface area (Å²) in [6.45, 7) is 4.13. The third kappa shape index (κ3) is 3.51. The van der Waals surface area contributed by atoms with Crippen LogP contribution in [-0.4, -0.2) is 52.2 Å². The number of hydrogen-bond donors (Lipinski definition) is 0. The van der Waals surface area contributed by atoms with Gasteiger partial charge in [0.1, 0.15) is 0 Å². The van der Waals surface area contributed by atoms with Gasteiger partial charge in [0.15, 0.2) is 0 Å². The van der Waals surface area contributed by atoms with Crippen LogP contribution in [0.2, 0.25) is 0 Å². The smallest absolute Gasteiger partial charge is 0.225 e. The number of carbonyl (C=O) groups is 1. The van der Waals surface area contributed by atoms with E-state index in [4.69, 9.17) is 0 Å². The molecule has 1 aromatic heterocycles. The van der Waals surface area contributed by atoms with Crippen molar-refractivity contribution in [3.8, 4) is 0 Å². The van der Waals surface area contributed by atoms with Gasteiger partial charge in [-0.2, -0.15) is 5.10 Å². The minimum atomic E-state index is 0.271. The first-order valence-electron chi connectivity index (χ1n) is 8.58. The summed E-state index contributed by atoms with van der Waals surface area (Å²) in [5.74, 6) is 1.24. The number of aromatic nitrogens is 2. The summed E-state index contributed by atoms with van der Waals surface area (Å²) in [7, 11) is 3.93. The second kappa shape index (κ2) is 6.82. The van der Waals surface area contributed by atoms with Crippen LogP contribution in [0.3, 0.4) is 0 Å². The Bertz CT molecular complexity index is 505. The standard InChI is InChI=1S/C17H28N4O/c1-19-8-4-3-5-16(17(19)22)15-6-9-21(10-7-15)13-14-11-18-20(2)12-14/h11-12,15-16H,3-10,13H2,1-2H3/t16-/m0/s1. The van der Waals surface area contributed by atoms with Gasteiger partial charge in [0.05, 0.1) is 6.20 Å². The Balaban J connectivity index is 1.53. The summed E-state index contributed by atoms with van der Waals surface area (Å²) in [5, 5.41) is 4.24. The van der Waals surface area contributed by atoms with Crippen LogP contribution in [0.25, 0.3) is 0 Å². The van der Waals surface area contributed by atoms with Crippen LogP contribution in [0, 0.1) is 11.8 Å². The number of carbonyl (C=O) groups excluding carboxylic acids is 1. The van der Waals surface area contributed by atoms with Crippen molar-refractivity contribution in [3.63, 3.8) is 0 Å². The SMILES string of the molecule is CN1CCCC[C@@H](C2CCN(Cc3cnn(C)c3)CC2)C1=O. The van der Waals surface area contributed by atoms with Gasteiger partial charge in [-0.15, -0.1) is 0 Å². The molecule has 0 unspecified atom stereocenters. The number of hydrogen-bond acceptors (Lipinski definition) is 3. The molecule has 0 aliphatic carbocycles. The van der Waals surface area contributed by atoms with Crippen LogP contribution < -0.4 is 0 Å². The average Bonchev–Trinajstić information content (AvgIpc) is 2.84. The van der Waals surface area contributed by atoms with E-state index in [1.165, 1.54) is 18.4 Å². The van der Waals surface area contributed by atoms with Crippen molar-refractivity contribution in [3.05, 3.63) is 18.0 Å². The second-order valence-electron chi connectivity index (χ2n) is 7.00. The maximum absolute atomic E-state index is 12.5. The highest BCUT2D eigenvalue weighted by Gasteiger charge is 2.33. The Morgan fingerprint density at radius 3 is 2.59 bits per heavy atom. The first-order valence-corrected chi connectivity index (χ1v) is 8.58. The number of piperidine rings is 1. The van der Waals surface area contributed by atoms with Crippen molar-refractivity contribution in [2.75, 3.05) is 26.7 Å². The molecule has 1 aromatic rings. The molecule has 2 aliphatic rings. The molecule has 2 aliphatic heterocycles. The minimum Gasteiger partial charge on any atom is -0.346 e. The van der Waals surface area contributed by atoms with Crippen molar-refractivity contribution >= 4 is 5.91 Å². The summed E-state index contributed by atoms with van der Waals surface area (Å²) in [5.41, 5.74) is 1.28. The molecule has 0 spiro atoms. The highest BCUT2D eigenvalue weighted by Crippen LogP contribution is 2.32. The fourth-order valence-corrected chi connectivity index (χ4v) is 3.99. The van der Waals surface area contributed by atoms with Crippen LogP contribution in [0.1, 0.15) is 37.7 Å². The van der Waals surface area contributed by atoms with Gasteiger partial charge >= 0.3 is 0 Å². The molecule has 0 bridgehead atoms. The Morgan fingerprint density at radius 2 is 1.91 bits per heavy atom. The molecule has 0 aromatic carbocycles. The molecule has 5 heteroatoms. The van der Waals surface area contributed by atoms with E-state index in [-0.39, 0.29) is 5.92 Å². The second-order valence-corrected chi connectivity index (χ2v) is 7.00. The van der Waals surface area contributed by atoms with Crippen molar-refractivity contribution in [1.29, 1.82) is 0 Å². The first kappa shape index (κ1) is 15.5. The molecule has 2 saturated heterocycles. The molecule has 1 atom stereocenters. The molecule has 3 heterocycles. The molecule has 1 amide bonds. The molecule has 3 rings (SSSR count). The Kier molecular flexibility index (Phi) is 4.81. The summed E-state index contributed by atoms with van der Waals surface area (Å²) in [4.78, 5) is 17.0. The van der Waals surface area contributed by atoms with E-state index in [1.54, 1.807) is 0 Å². The molecule has 0 N–H and O–H groups in total. The monoisotopic (exact) mass is 304 g/mol. The van der Waals surface area contributed by atoms with E-state index in [0.29, 0.717) is 11.8 Å². The Labute approximate surface area is 133 Å². The van der Waals surface area contributed by atoms with E-state index in [9.17, 15) is 4.79 Å². The molecular formula is C17H28N4O. The Morgan fingerprint density at radius 1 is 1.14 bits per heavy atom. The minimum absolute atomic E-state index is 0.271. The summed E-state index contributed by atoms with van der Waals surface area (Å²) in [6.07, 6.45) is 9.83.